The molecule has 0 saturated carbocycles. The third-order valence-corrected chi connectivity index (χ3v) is 1.78. The van der Waals surface area contributed by atoms with E-state index in [0.29, 0.717) is 6.61 Å². The molecule has 1 atom stereocenters. The molecule has 0 saturated heterocycles. The Balaban J connectivity index is 2.56. The van der Waals surface area contributed by atoms with Gasteiger partial charge in [-0.3, -0.25) is 0 Å². The number of aromatic nitrogens is 3. The largest absolute Gasteiger partial charge is 0.382 e. The number of rotatable bonds is 5. The van der Waals surface area contributed by atoms with Crippen LogP contribution in [-0.2, 0) is 11.3 Å². The Morgan fingerprint density at radius 2 is 2.46 bits per heavy atom. The summed E-state index contributed by atoms with van der Waals surface area (Å²) in [5.74, 6) is 0. The highest BCUT2D eigenvalue weighted by atomic mass is 16.5. The maximum Gasteiger partial charge on any atom is 0.0964 e. The summed E-state index contributed by atoms with van der Waals surface area (Å²) in [6.07, 6.45) is 1.93. The van der Waals surface area contributed by atoms with Crippen LogP contribution in [0.15, 0.2) is 6.20 Å². The van der Waals surface area contributed by atoms with Gasteiger partial charge in [0.1, 0.15) is 0 Å². The van der Waals surface area contributed by atoms with Crippen molar-refractivity contribution in [1.29, 1.82) is 0 Å². The Kier molecular flexibility index (Phi) is 3.85. The van der Waals surface area contributed by atoms with E-state index < -0.39 is 0 Å². The fourth-order valence-electron chi connectivity index (χ4n) is 1.11. The van der Waals surface area contributed by atoms with Crippen LogP contribution in [0.3, 0.4) is 0 Å². The predicted molar refractivity (Wildman–Crippen MR) is 49.4 cm³/mol. The topological polar surface area (TPSA) is 52.0 Å². The maximum atomic E-state index is 5.02. The highest BCUT2D eigenvalue weighted by Gasteiger charge is 2.06. The fourth-order valence-corrected chi connectivity index (χ4v) is 1.11. The monoisotopic (exact) mass is 184 g/mol. The molecule has 5 heteroatoms. The van der Waals surface area contributed by atoms with Crippen LogP contribution in [0.2, 0.25) is 0 Å². The highest BCUT2D eigenvalue weighted by Crippen LogP contribution is 2.04. The van der Waals surface area contributed by atoms with Crippen LogP contribution < -0.4 is 5.32 Å². The first-order valence-corrected chi connectivity index (χ1v) is 4.32. The number of nitrogens with one attached hydrogen (secondary N) is 1. The standard InChI is InChI=1S/C8H16N4O/c1-7(6-13-3)12-5-8(4-9-2)10-11-12/h5,7,9H,4,6H2,1-3H3. The van der Waals surface area contributed by atoms with E-state index in [9.17, 15) is 0 Å². The van der Waals surface area contributed by atoms with Crippen LogP contribution in [0.25, 0.3) is 0 Å². The van der Waals surface area contributed by atoms with Gasteiger partial charge in [0.15, 0.2) is 0 Å². The summed E-state index contributed by atoms with van der Waals surface area (Å²) in [5, 5.41) is 11.0. The molecule has 0 bridgehead atoms. The summed E-state index contributed by atoms with van der Waals surface area (Å²) < 4.78 is 6.84. The first-order chi connectivity index (χ1) is 6.27. The number of hydrogen-bond acceptors (Lipinski definition) is 4. The van der Waals surface area contributed by atoms with E-state index in [4.69, 9.17) is 4.74 Å². The molecule has 0 radical (unpaired) electrons. The van der Waals surface area contributed by atoms with Gasteiger partial charge in [-0.05, 0) is 14.0 Å². The molecular weight excluding hydrogens is 168 g/mol. The molecule has 1 heterocycles. The van der Waals surface area contributed by atoms with Crippen LogP contribution in [0, 0.1) is 0 Å². The van der Waals surface area contributed by atoms with Crippen molar-refractivity contribution in [2.45, 2.75) is 19.5 Å². The van der Waals surface area contributed by atoms with Gasteiger partial charge < -0.3 is 10.1 Å². The molecule has 0 fully saturated rings. The molecule has 74 valence electrons. The van der Waals surface area contributed by atoms with Crippen LogP contribution in [0.4, 0.5) is 0 Å². The van der Waals surface area contributed by atoms with Crippen LogP contribution in [0.1, 0.15) is 18.7 Å². The lowest BCUT2D eigenvalue weighted by atomic mass is 10.4. The molecular formula is C8H16N4O. The minimum absolute atomic E-state index is 0.239. The molecule has 1 rings (SSSR count). The fraction of sp³-hybridized carbons (Fsp3) is 0.750. The minimum atomic E-state index is 0.239. The summed E-state index contributed by atoms with van der Waals surface area (Å²) in [6.45, 7) is 3.45. The molecule has 1 unspecified atom stereocenters. The van der Waals surface area contributed by atoms with E-state index in [1.165, 1.54) is 0 Å². The van der Waals surface area contributed by atoms with Gasteiger partial charge in [0, 0.05) is 13.7 Å². The van der Waals surface area contributed by atoms with Gasteiger partial charge in [-0.2, -0.15) is 0 Å². The third kappa shape index (κ3) is 2.78. The van der Waals surface area contributed by atoms with Crippen LogP contribution >= 0.6 is 0 Å². The Morgan fingerprint density at radius 3 is 3.08 bits per heavy atom. The first kappa shape index (κ1) is 10.1. The van der Waals surface area contributed by atoms with Crippen molar-refractivity contribution in [2.24, 2.45) is 0 Å². The molecule has 1 N–H and O–H groups in total. The number of methoxy groups -OCH3 is 1. The summed E-state index contributed by atoms with van der Waals surface area (Å²) in [4.78, 5) is 0. The average molecular weight is 184 g/mol. The van der Waals surface area contributed by atoms with Crippen molar-refractivity contribution in [3.8, 4) is 0 Å². The van der Waals surface area contributed by atoms with Gasteiger partial charge in [-0.15, -0.1) is 5.10 Å². The van der Waals surface area contributed by atoms with Gasteiger partial charge in [0.2, 0.25) is 0 Å². The van der Waals surface area contributed by atoms with Crippen LogP contribution in [-0.4, -0.2) is 35.8 Å². The molecule has 0 aromatic carbocycles. The van der Waals surface area contributed by atoms with Crippen molar-refractivity contribution in [3.63, 3.8) is 0 Å². The lowest BCUT2D eigenvalue weighted by Crippen LogP contribution is -2.11. The summed E-state index contributed by atoms with van der Waals surface area (Å²) in [6, 6.07) is 0.239. The number of hydrogen-bond donors (Lipinski definition) is 1. The van der Waals surface area contributed by atoms with Crippen molar-refractivity contribution >= 4 is 0 Å². The molecule has 0 spiro atoms. The Hall–Kier alpha value is -0.940. The lowest BCUT2D eigenvalue weighted by molar-refractivity contribution is 0.156. The van der Waals surface area contributed by atoms with E-state index in [2.05, 4.69) is 15.6 Å². The molecule has 1 aromatic rings. The Labute approximate surface area is 78.1 Å². The third-order valence-electron chi connectivity index (χ3n) is 1.78. The highest BCUT2D eigenvalue weighted by molar-refractivity contribution is 4.92. The minimum Gasteiger partial charge on any atom is -0.382 e. The summed E-state index contributed by atoms with van der Waals surface area (Å²) >= 11 is 0. The van der Waals surface area contributed by atoms with Gasteiger partial charge in [0.25, 0.3) is 0 Å². The number of ether oxygens (including phenoxy) is 1. The van der Waals surface area contributed by atoms with E-state index in [0.717, 1.165) is 12.2 Å². The van der Waals surface area contributed by atoms with Crippen LogP contribution in [0.5, 0.6) is 0 Å². The zero-order valence-electron chi connectivity index (χ0n) is 8.32. The molecule has 13 heavy (non-hydrogen) atoms. The van der Waals surface area contributed by atoms with Crippen molar-refractivity contribution in [2.75, 3.05) is 20.8 Å². The average Bonchev–Trinajstić information content (AvgIpc) is 2.54. The first-order valence-electron chi connectivity index (χ1n) is 4.32. The van der Waals surface area contributed by atoms with E-state index in [1.807, 2.05) is 24.9 Å². The number of nitrogens with zero attached hydrogens (tertiary/aromatic N) is 3. The SMILES string of the molecule is CNCc1cn(C(C)COC)nn1. The van der Waals surface area contributed by atoms with Gasteiger partial charge >= 0.3 is 0 Å². The van der Waals surface area contributed by atoms with E-state index in [-0.39, 0.29) is 6.04 Å². The molecule has 0 amide bonds. The van der Waals surface area contributed by atoms with E-state index in [1.54, 1.807) is 7.11 Å². The Bertz CT molecular complexity index is 248. The van der Waals surface area contributed by atoms with Crippen molar-refractivity contribution in [1.82, 2.24) is 20.3 Å². The quantitative estimate of drug-likeness (QED) is 0.710. The zero-order chi connectivity index (χ0) is 9.68. The predicted octanol–water partition coefficient (Wildman–Crippen LogP) is 0.205. The molecule has 0 aliphatic carbocycles. The lowest BCUT2D eigenvalue weighted by Gasteiger charge is -2.08. The second-order valence-electron chi connectivity index (χ2n) is 3.02. The molecule has 0 aliphatic rings. The summed E-state index contributed by atoms with van der Waals surface area (Å²) in [5.41, 5.74) is 0.949. The zero-order valence-corrected chi connectivity index (χ0v) is 8.32. The van der Waals surface area contributed by atoms with E-state index >= 15 is 0 Å². The summed E-state index contributed by atoms with van der Waals surface area (Å²) in [7, 11) is 3.57. The second kappa shape index (κ2) is 4.94. The smallest absolute Gasteiger partial charge is 0.0964 e. The van der Waals surface area contributed by atoms with Crippen molar-refractivity contribution < 1.29 is 4.74 Å². The molecule has 5 nitrogen and oxygen atoms in total. The Morgan fingerprint density at radius 1 is 1.69 bits per heavy atom. The molecule has 0 aliphatic heterocycles. The molecule has 1 aromatic heterocycles. The van der Waals surface area contributed by atoms with Gasteiger partial charge in [-0.1, -0.05) is 5.21 Å². The maximum absolute atomic E-state index is 5.02. The van der Waals surface area contributed by atoms with Crippen molar-refractivity contribution in [3.05, 3.63) is 11.9 Å². The second-order valence-corrected chi connectivity index (χ2v) is 3.02. The van der Waals surface area contributed by atoms with Gasteiger partial charge in [0.05, 0.1) is 24.5 Å². The van der Waals surface area contributed by atoms with Gasteiger partial charge in [-0.25, -0.2) is 4.68 Å². The normalized spacial score (nSPS) is 13.2.